The molecule has 8 nitrogen and oxygen atoms in total. The minimum Gasteiger partial charge on any atom is -0.496 e. The number of esters is 1. The Hall–Kier alpha value is -3.55. The van der Waals surface area contributed by atoms with E-state index in [2.05, 4.69) is 15.0 Å². The molecular weight excluding hydrogens is 372 g/mol. The largest absolute Gasteiger partial charge is 0.496 e. The number of benzene rings is 1. The van der Waals surface area contributed by atoms with Crippen LogP contribution in [0, 0.1) is 0 Å². The van der Waals surface area contributed by atoms with Gasteiger partial charge in [-0.15, -0.1) is 0 Å². The van der Waals surface area contributed by atoms with Gasteiger partial charge in [-0.25, -0.2) is 14.8 Å². The van der Waals surface area contributed by atoms with Crippen molar-refractivity contribution in [2.75, 3.05) is 26.6 Å². The van der Waals surface area contributed by atoms with Crippen LogP contribution in [0.5, 0.6) is 5.75 Å². The number of nitrogens with two attached hydrogens (primary N) is 1. The van der Waals surface area contributed by atoms with Crippen molar-refractivity contribution >= 4 is 28.6 Å². The van der Waals surface area contributed by atoms with Crippen molar-refractivity contribution in [1.82, 2.24) is 9.97 Å². The first-order valence-electron chi connectivity index (χ1n) is 9.10. The Morgan fingerprint density at radius 3 is 2.72 bits per heavy atom. The fraction of sp³-hybridized carbons (Fsp3) is 0.286. The zero-order valence-electron chi connectivity index (χ0n) is 16.7. The zero-order valence-corrected chi connectivity index (χ0v) is 16.7. The number of anilines is 1. The summed E-state index contributed by atoms with van der Waals surface area (Å²) in [7, 11) is 2.93. The number of methoxy groups -OCH3 is 2. The summed E-state index contributed by atoms with van der Waals surface area (Å²) >= 11 is 0. The summed E-state index contributed by atoms with van der Waals surface area (Å²) in [6, 6.07) is 7.55. The Labute approximate surface area is 167 Å². The number of fused-ring (bicyclic) bond motifs is 1. The van der Waals surface area contributed by atoms with Crippen molar-refractivity contribution in [2.45, 2.75) is 19.4 Å². The lowest BCUT2D eigenvalue weighted by Gasteiger charge is -2.09. The van der Waals surface area contributed by atoms with E-state index in [-0.39, 0.29) is 5.54 Å². The summed E-state index contributed by atoms with van der Waals surface area (Å²) < 4.78 is 16.2. The minimum absolute atomic E-state index is 0.243. The summed E-state index contributed by atoms with van der Waals surface area (Å²) in [6.45, 7) is 4.58. The van der Waals surface area contributed by atoms with E-state index in [1.807, 2.05) is 38.1 Å². The van der Waals surface area contributed by atoms with Crippen LogP contribution in [-0.4, -0.2) is 48.2 Å². The normalized spacial score (nSPS) is 15.1. The van der Waals surface area contributed by atoms with Crippen LogP contribution in [0.2, 0.25) is 0 Å². The molecule has 0 amide bonds. The molecule has 3 aromatic rings. The highest BCUT2D eigenvalue weighted by molar-refractivity contribution is 6.07. The number of nitrogens with one attached hydrogen (secondary N) is 1. The molecule has 0 unspecified atom stereocenters. The molecule has 2 aromatic heterocycles. The van der Waals surface area contributed by atoms with Crippen molar-refractivity contribution in [3.8, 4) is 17.0 Å². The van der Waals surface area contributed by atoms with Crippen LogP contribution in [0.3, 0.4) is 0 Å². The maximum atomic E-state index is 12.1. The van der Waals surface area contributed by atoms with Crippen molar-refractivity contribution in [2.24, 2.45) is 4.99 Å². The molecule has 1 aliphatic rings. The number of ether oxygens (including phenoxy) is 3. The Bertz CT molecular complexity index is 1150. The van der Waals surface area contributed by atoms with Gasteiger partial charge in [0.2, 0.25) is 5.90 Å². The zero-order chi connectivity index (χ0) is 20.8. The number of nitrogens with zero attached hydrogens (tertiary/aromatic N) is 2. The van der Waals surface area contributed by atoms with E-state index in [4.69, 9.17) is 19.9 Å². The number of rotatable bonds is 4. The molecule has 0 bridgehead atoms. The second-order valence-corrected chi connectivity index (χ2v) is 7.45. The van der Waals surface area contributed by atoms with Gasteiger partial charge < -0.3 is 24.9 Å². The van der Waals surface area contributed by atoms with E-state index < -0.39 is 5.97 Å². The second kappa shape index (κ2) is 6.80. The lowest BCUT2D eigenvalue weighted by Crippen LogP contribution is -2.17. The highest BCUT2D eigenvalue weighted by Crippen LogP contribution is 2.35. The van der Waals surface area contributed by atoms with E-state index in [0.717, 1.165) is 16.8 Å². The molecule has 0 radical (unpaired) electrons. The van der Waals surface area contributed by atoms with Gasteiger partial charge in [0.25, 0.3) is 0 Å². The van der Waals surface area contributed by atoms with Crippen LogP contribution in [-0.2, 0) is 9.47 Å². The van der Waals surface area contributed by atoms with Crippen molar-refractivity contribution in [3.05, 3.63) is 41.6 Å². The van der Waals surface area contributed by atoms with E-state index in [0.29, 0.717) is 40.5 Å². The predicted octanol–water partition coefficient (Wildman–Crippen LogP) is 3.16. The molecule has 3 heterocycles. The monoisotopic (exact) mass is 394 g/mol. The highest BCUT2D eigenvalue weighted by atomic mass is 16.5. The molecule has 8 heteroatoms. The SMILES string of the molecule is COC(=O)c1cnc(N)c2[nH]c(-c3ccc(C4=NC(C)(C)CO4)cc3OC)cc12. The average Bonchev–Trinajstić information content (AvgIpc) is 3.31. The van der Waals surface area contributed by atoms with Crippen LogP contribution in [0.25, 0.3) is 22.2 Å². The van der Waals surface area contributed by atoms with Crippen molar-refractivity contribution in [3.63, 3.8) is 0 Å². The molecule has 3 N–H and O–H groups in total. The summed E-state index contributed by atoms with van der Waals surface area (Å²) in [6.07, 6.45) is 1.42. The first-order valence-corrected chi connectivity index (χ1v) is 9.10. The van der Waals surface area contributed by atoms with E-state index >= 15 is 0 Å². The first kappa shape index (κ1) is 18.8. The predicted molar refractivity (Wildman–Crippen MR) is 110 cm³/mol. The number of carbonyl (C=O) groups excluding carboxylic acids is 1. The molecule has 0 spiro atoms. The third-order valence-corrected chi connectivity index (χ3v) is 4.81. The van der Waals surface area contributed by atoms with Gasteiger partial charge in [0, 0.05) is 22.7 Å². The Balaban J connectivity index is 1.82. The molecule has 0 atom stereocenters. The molecule has 4 rings (SSSR count). The smallest absolute Gasteiger partial charge is 0.340 e. The number of nitrogen functional groups attached to an aromatic ring is 1. The molecule has 150 valence electrons. The molecule has 0 fully saturated rings. The standard InChI is InChI=1S/C21H22N4O4/c1-21(2)10-29-19(25-21)11-5-6-12(16(7-11)27-3)15-8-13-14(20(26)28-4)9-23-18(22)17(13)24-15/h5-9,24H,10H2,1-4H3,(H2,22,23). The quantitative estimate of drug-likeness (QED) is 0.658. The molecular formula is C21H22N4O4. The molecule has 1 aromatic carbocycles. The average molecular weight is 394 g/mol. The van der Waals surface area contributed by atoms with Gasteiger partial charge in [0.1, 0.15) is 18.2 Å². The van der Waals surface area contributed by atoms with Gasteiger partial charge in [-0.1, -0.05) is 0 Å². The van der Waals surface area contributed by atoms with Crippen LogP contribution in [0.4, 0.5) is 5.82 Å². The second-order valence-electron chi connectivity index (χ2n) is 7.45. The maximum absolute atomic E-state index is 12.1. The molecule has 0 aliphatic carbocycles. The Kier molecular flexibility index (Phi) is 4.41. The van der Waals surface area contributed by atoms with Crippen molar-refractivity contribution < 1.29 is 19.0 Å². The number of aromatic nitrogens is 2. The summed E-state index contributed by atoms with van der Waals surface area (Å²) in [5.74, 6) is 1.05. The van der Waals surface area contributed by atoms with Gasteiger partial charge in [0.05, 0.1) is 36.5 Å². The first-order chi connectivity index (χ1) is 13.8. The number of aromatic amines is 1. The van der Waals surface area contributed by atoms with Crippen molar-refractivity contribution in [1.29, 1.82) is 0 Å². The summed E-state index contributed by atoms with van der Waals surface area (Å²) in [4.78, 5) is 24.0. The van der Waals surface area contributed by atoms with Gasteiger partial charge >= 0.3 is 5.97 Å². The fourth-order valence-electron chi connectivity index (χ4n) is 3.33. The Morgan fingerprint density at radius 1 is 1.28 bits per heavy atom. The number of hydrogen-bond acceptors (Lipinski definition) is 7. The third kappa shape index (κ3) is 3.26. The Morgan fingerprint density at radius 2 is 2.07 bits per heavy atom. The van der Waals surface area contributed by atoms with Gasteiger partial charge in [-0.05, 0) is 38.1 Å². The van der Waals surface area contributed by atoms with Crippen LogP contribution in [0.15, 0.2) is 35.5 Å². The van der Waals surface area contributed by atoms with Crippen LogP contribution in [0.1, 0.15) is 29.8 Å². The van der Waals surface area contributed by atoms with Crippen LogP contribution < -0.4 is 10.5 Å². The third-order valence-electron chi connectivity index (χ3n) is 4.81. The fourth-order valence-corrected chi connectivity index (χ4v) is 3.33. The van der Waals surface area contributed by atoms with E-state index in [1.165, 1.54) is 13.3 Å². The van der Waals surface area contributed by atoms with Crippen LogP contribution >= 0.6 is 0 Å². The minimum atomic E-state index is -0.477. The lowest BCUT2D eigenvalue weighted by atomic mass is 10.1. The van der Waals surface area contributed by atoms with E-state index in [1.54, 1.807) is 7.11 Å². The van der Waals surface area contributed by atoms with Gasteiger partial charge in [-0.3, -0.25) is 0 Å². The summed E-state index contributed by atoms with van der Waals surface area (Å²) in [5, 5.41) is 0.635. The lowest BCUT2D eigenvalue weighted by molar-refractivity contribution is 0.0602. The topological polar surface area (TPSA) is 112 Å². The van der Waals surface area contributed by atoms with Gasteiger partial charge in [0.15, 0.2) is 0 Å². The number of hydrogen-bond donors (Lipinski definition) is 2. The number of pyridine rings is 1. The highest BCUT2D eigenvalue weighted by Gasteiger charge is 2.27. The number of aliphatic imine (C=N–C) groups is 1. The molecule has 0 saturated heterocycles. The number of H-pyrrole nitrogens is 1. The maximum Gasteiger partial charge on any atom is 0.340 e. The molecule has 0 saturated carbocycles. The van der Waals surface area contributed by atoms with Gasteiger partial charge in [-0.2, -0.15) is 0 Å². The number of carbonyl (C=O) groups is 1. The molecule has 29 heavy (non-hydrogen) atoms. The summed E-state index contributed by atoms with van der Waals surface area (Å²) in [5.41, 5.74) is 9.05. The van der Waals surface area contributed by atoms with E-state index in [9.17, 15) is 4.79 Å². The molecule has 1 aliphatic heterocycles.